The van der Waals surface area contributed by atoms with E-state index in [1.165, 1.54) is 21.9 Å². The first kappa shape index (κ1) is 8.11. The van der Waals surface area contributed by atoms with Crippen molar-refractivity contribution < 1.29 is 0 Å². The van der Waals surface area contributed by atoms with Crippen molar-refractivity contribution in [2.24, 2.45) is 0 Å². The molecule has 0 radical (unpaired) electrons. The summed E-state index contributed by atoms with van der Waals surface area (Å²) in [5.74, 6) is 0. The van der Waals surface area contributed by atoms with Gasteiger partial charge in [0.15, 0.2) is 0 Å². The van der Waals surface area contributed by atoms with E-state index in [1.807, 2.05) is 12.1 Å². The average molecular weight is 171 g/mol. The summed E-state index contributed by atoms with van der Waals surface area (Å²) in [7, 11) is 0. The van der Waals surface area contributed by atoms with Gasteiger partial charge in [-0.15, -0.1) is 0 Å². The number of aryl methyl sites for hydroxylation is 2. The molecule has 2 N–H and O–H groups in total. The Balaban J connectivity index is 2.97. The smallest absolute Gasteiger partial charge is 0.0352 e. The highest BCUT2D eigenvalue weighted by atomic mass is 14.6. The molecule has 2 aromatic carbocycles. The molecule has 0 aromatic heterocycles. The molecule has 1 heteroatoms. The third-order valence-electron chi connectivity index (χ3n) is 2.56. The van der Waals surface area contributed by atoms with Crippen LogP contribution in [0.1, 0.15) is 11.1 Å². The van der Waals surface area contributed by atoms with Crippen molar-refractivity contribution in [2.45, 2.75) is 13.8 Å². The summed E-state index contributed by atoms with van der Waals surface area (Å²) in [6.45, 7) is 4.16. The second-order valence-electron chi connectivity index (χ2n) is 3.45. The lowest BCUT2D eigenvalue weighted by Crippen LogP contribution is -1.92. The van der Waals surface area contributed by atoms with E-state index in [4.69, 9.17) is 5.73 Å². The van der Waals surface area contributed by atoms with E-state index in [0.717, 1.165) is 5.69 Å². The van der Waals surface area contributed by atoms with Crippen LogP contribution in [0.15, 0.2) is 30.3 Å². The lowest BCUT2D eigenvalue weighted by atomic mass is 10.00. The maximum Gasteiger partial charge on any atom is 0.0352 e. The zero-order chi connectivity index (χ0) is 9.42. The molecule has 0 aliphatic carbocycles. The topological polar surface area (TPSA) is 26.0 Å². The van der Waals surface area contributed by atoms with Gasteiger partial charge in [-0.3, -0.25) is 0 Å². The second-order valence-corrected chi connectivity index (χ2v) is 3.45. The standard InChI is InChI=1S/C12H13N/c1-8-7-12(13)9(2)11-6-4-3-5-10(8)11/h3-7H,13H2,1-2H3. The largest absolute Gasteiger partial charge is 0.398 e. The Morgan fingerprint density at radius 2 is 1.62 bits per heavy atom. The van der Waals surface area contributed by atoms with Crippen molar-refractivity contribution in [1.82, 2.24) is 0 Å². The number of rotatable bonds is 0. The first-order chi connectivity index (χ1) is 6.20. The molecule has 0 aliphatic rings. The number of benzene rings is 2. The monoisotopic (exact) mass is 171 g/mol. The SMILES string of the molecule is Cc1cc(N)c(C)c2ccccc12. The molecule has 0 fully saturated rings. The van der Waals surface area contributed by atoms with Gasteiger partial charge in [0.1, 0.15) is 0 Å². The third kappa shape index (κ3) is 1.17. The van der Waals surface area contributed by atoms with Gasteiger partial charge in [-0.2, -0.15) is 0 Å². The molecular weight excluding hydrogens is 158 g/mol. The number of fused-ring (bicyclic) bond motifs is 1. The van der Waals surface area contributed by atoms with Gasteiger partial charge in [0.05, 0.1) is 0 Å². The number of hydrogen-bond acceptors (Lipinski definition) is 1. The molecule has 0 bridgehead atoms. The molecule has 13 heavy (non-hydrogen) atoms. The van der Waals surface area contributed by atoms with E-state index in [1.54, 1.807) is 0 Å². The third-order valence-corrected chi connectivity index (χ3v) is 2.56. The van der Waals surface area contributed by atoms with Crippen molar-refractivity contribution in [3.05, 3.63) is 41.5 Å². The highest BCUT2D eigenvalue weighted by Crippen LogP contribution is 2.26. The van der Waals surface area contributed by atoms with Gasteiger partial charge < -0.3 is 5.73 Å². The molecule has 0 saturated heterocycles. The van der Waals surface area contributed by atoms with Crippen molar-refractivity contribution in [3.8, 4) is 0 Å². The van der Waals surface area contributed by atoms with Crippen LogP contribution in [0.4, 0.5) is 5.69 Å². The van der Waals surface area contributed by atoms with Gasteiger partial charge in [0, 0.05) is 5.69 Å². The van der Waals surface area contributed by atoms with Crippen LogP contribution in [0.3, 0.4) is 0 Å². The molecule has 2 rings (SSSR count). The fourth-order valence-corrected chi connectivity index (χ4v) is 1.73. The number of hydrogen-bond donors (Lipinski definition) is 1. The van der Waals surface area contributed by atoms with Crippen LogP contribution in [0.2, 0.25) is 0 Å². The predicted octanol–water partition coefficient (Wildman–Crippen LogP) is 3.04. The van der Waals surface area contributed by atoms with E-state index in [0.29, 0.717) is 0 Å². The highest BCUT2D eigenvalue weighted by molar-refractivity contribution is 5.92. The van der Waals surface area contributed by atoms with Crippen LogP contribution in [-0.4, -0.2) is 0 Å². The van der Waals surface area contributed by atoms with Crippen molar-refractivity contribution >= 4 is 16.5 Å². The van der Waals surface area contributed by atoms with Crippen LogP contribution < -0.4 is 5.73 Å². The van der Waals surface area contributed by atoms with E-state index in [2.05, 4.69) is 32.0 Å². The first-order valence-corrected chi connectivity index (χ1v) is 4.44. The average Bonchev–Trinajstić information content (AvgIpc) is 2.15. The van der Waals surface area contributed by atoms with Crippen molar-refractivity contribution in [3.63, 3.8) is 0 Å². The Labute approximate surface area is 78.2 Å². The van der Waals surface area contributed by atoms with E-state index >= 15 is 0 Å². The Kier molecular flexibility index (Phi) is 1.73. The summed E-state index contributed by atoms with van der Waals surface area (Å²) in [6.07, 6.45) is 0. The molecule has 0 spiro atoms. The zero-order valence-electron chi connectivity index (χ0n) is 7.96. The quantitative estimate of drug-likeness (QED) is 0.606. The van der Waals surface area contributed by atoms with Crippen molar-refractivity contribution in [2.75, 3.05) is 5.73 Å². The van der Waals surface area contributed by atoms with Crippen LogP contribution in [0, 0.1) is 13.8 Å². The minimum absolute atomic E-state index is 0.885. The summed E-state index contributed by atoms with van der Waals surface area (Å²) >= 11 is 0. The second kappa shape index (κ2) is 2.77. The van der Waals surface area contributed by atoms with Crippen LogP contribution in [0.5, 0.6) is 0 Å². The fourth-order valence-electron chi connectivity index (χ4n) is 1.73. The minimum Gasteiger partial charge on any atom is -0.398 e. The van der Waals surface area contributed by atoms with Crippen LogP contribution in [-0.2, 0) is 0 Å². The van der Waals surface area contributed by atoms with E-state index in [-0.39, 0.29) is 0 Å². The zero-order valence-corrected chi connectivity index (χ0v) is 7.96. The molecule has 0 amide bonds. The molecule has 2 aromatic rings. The fraction of sp³-hybridized carbons (Fsp3) is 0.167. The summed E-state index contributed by atoms with van der Waals surface area (Å²) in [4.78, 5) is 0. The lowest BCUT2D eigenvalue weighted by Gasteiger charge is -2.08. The van der Waals surface area contributed by atoms with Gasteiger partial charge in [0.25, 0.3) is 0 Å². The summed E-state index contributed by atoms with van der Waals surface area (Å²) in [5, 5.41) is 2.56. The molecule has 0 aliphatic heterocycles. The maximum atomic E-state index is 5.89. The van der Waals surface area contributed by atoms with E-state index < -0.39 is 0 Å². The Bertz CT molecular complexity index is 458. The summed E-state index contributed by atoms with van der Waals surface area (Å²) < 4.78 is 0. The number of nitrogen functional groups attached to an aromatic ring is 1. The normalized spacial score (nSPS) is 10.6. The maximum absolute atomic E-state index is 5.89. The highest BCUT2D eigenvalue weighted by Gasteiger charge is 2.02. The Morgan fingerprint density at radius 1 is 1.00 bits per heavy atom. The van der Waals surface area contributed by atoms with Crippen LogP contribution in [0.25, 0.3) is 10.8 Å². The first-order valence-electron chi connectivity index (χ1n) is 4.44. The molecular formula is C12H13N. The van der Waals surface area contributed by atoms with E-state index in [9.17, 15) is 0 Å². The molecule has 0 saturated carbocycles. The van der Waals surface area contributed by atoms with Gasteiger partial charge >= 0.3 is 0 Å². The molecule has 0 unspecified atom stereocenters. The predicted molar refractivity (Wildman–Crippen MR) is 57.8 cm³/mol. The minimum atomic E-state index is 0.885. The lowest BCUT2D eigenvalue weighted by molar-refractivity contribution is 1.46. The Morgan fingerprint density at radius 3 is 2.31 bits per heavy atom. The van der Waals surface area contributed by atoms with Gasteiger partial charge in [0.2, 0.25) is 0 Å². The molecule has 0 heterocycles. The van der Waals surface area contributed by atoms with Gasteiger partial charge in [-0.1, -0.05) is 24.3 Å². The Hall–Kier alpha value is -1.50. The molecule has 66 valence electrons. The number of nitrogens with two attached hydrogens (primary N) is 1. The van der Waals surface area contributed by atoms with Gasteiger partial charge in [-0.25, -0.2) is 0 Å². The van der Waals surface area contributed by atoms with Crippen LogP contribution >= 0.6 is 0 Å². The van der Waals surface area contributed by atoms with Gasteiger partial charge in [-0.05, 0) is 41.8 Å². The summed E-state index contributed by atoms with van der Waals surface area (Å²) in [6, 6.07) is 10.4. The molecule has 1 nitrogen and oxygen atoms in total. The molecule has 0 atom stereocenters. The summed E-state index contributed by atoms with van der Waals surface area (Å²) in [5.41, 5.74) is 9.20. The number of anilines is 1. The van der Waals surface area contributed by atoms with Crippen molar-refractivity contribution in [1.29, 1.82) is 0 Å².